The number of ether oxygens (including phenoxy) is 6. The maximum absolute atomic E-state index is 15.1. The fraction of sp³-hybridized carbons (Fsp3) is 0.366. The van der Waals surface area contributed by atoms with Crippen LogP contribution in [0.3, 0.4) is 0 Å². The SMILES string of the molecule is COCOc1c(OCc2ccc(OC)cc2)ccc2ccc3c(c12)C(=O)C(C1O[Si](C(C)(C)C)(C(C)(C)C)Oc2cc(OC)c(OC)cc21)=CC3=O. The largest absolute Gasteiger partial charge is 0.519 e. The second kappa shape index (κ2) is 13.9. The van der Waals surface area contributed by atoms with Crippen molar-refractivity contribution in [2.45, 2.75) is 64.3 Å². The standard InChI is InChI=1S/C41H46O10Si/c1-40(2,3)52(41(4,5)6)50-32-21-34(47-10)33(46-9)20-28(32)38(51-52)29-19-30(42)27-17-13-25-14-18-31(48-22-24-11-15-26(45-8)16-12-24)39(49-23-44-7)35(25)36(27)37(29)43/h11-21,38H,22-23H2,1-10H3. The number of hydrogen-bond donors (Lipinski definition) is 0. The molecule has 4 aromatic carbocycles. The van der Waals surface area contributed by atoms with Gasteiger partial charge >= 0.3 is 8.56 Å². The van der Waals surface area contributed by atoms with Gasteiger partial charge in [0.05, 0.1) is 21.3 Å². The molecular formula is C41H46O10Si. The van der Waals surface area contributed by atoms with E-state index >= 15 is 4.79 Å². The lowest BCUT2D eigenvalue weighted by atomic mass is 9.82. The molecule has 274 valence electrons. The summed E-state index contributed by atoms with van der Waals surface area (Å²) in [6, 6.07) is 18.2. The summed E-state index contributed by atoms with van der Waals surface area (Å²) < 4.78 is 48.6. The van der Waals surface area contributed by atoms with Gasteiger partial charge in [-0.05, 0) is 47.4 Å². The van der Waals surface area contributed by atoms with E-state index in [9.17, 15) is 4.79 Å². The van der Waals surface area contributed by atoms with Gasteiger partial charge < -0.3 is 37.3 Å². The van der Waals surface area contributed by atoms with Crippen molar-refractivity contribution in [2.24, 2.45) is 0 Å². The number of carbonyl (C=O) groups is 2. The van der Waals surface area contributed by atoms with E-state index in [1.807, 2.05) is 30.3 Å². The Bertz CT molecular complexity index is 2040. The van der Waals surface area contributed by atoms with Crippen LogP contribution in [0.25, 0.3) is 10.8 Å². The van der Waals surface area contributed by atoms with Gasteiger partial charge in [-0.1, -0.05) is 65.8 Å². The van der Waals surface area contributed by atoms with Gasteiger partial charge in [-0.2, -0.15) is 0 Å². The molecule has 0 N–H and O–H groups in total. The molecule has 1 atom stereocenters. The minimum absolute atomic E-state index is 0.115. The molecule has 52 heavy (non-hydrogen) atoms. The Morgan fingerprint density at radius 1 is 0.750 bits per heavy atom. The molecule has 1 aliphatic heterocycles. The first-order valence-corrected chi connectivity index (χ1v) is 18.9. The molecule has 1 heterocycles. The molecule has 1 aliphatic carbocycles. The van der Waals surface area contributed by atoms with Gasteiger partial charge in [-0.25, -0.2) is 0 Å². The van der Waals surface area contributed by atoms with E-state index in [4.69, 9.17) is 37.3 Å². The second-order valence-corrected chi connectivity index (χ2v) is 19.6. The third-order valence-corrected chi connectivity index (χ3v) is 14.6. The van der Waals surface area contributed by atoms with Crippen molar-refractivity contribution in [3.05, 3.63) is 94.6 Å². The Hall–Kier alpha value is -4.84. The Morgan fingerprint density at radius 3 is 2.02 bits per heavy atom. The van der Waals surface area contributed by atoms with Crippen molar-refractivity contribution in [2.75, 3.05) is 35.2 Å². The van der Waals surface area contributed by atoms with E-state index < -0.39 is 24.7 Å². The van der Waals surface area contributed by atoms with E-state index in [-0.39, 0.29) is 41.7 Å². The fourth-order valence-electron chi connectivity index (χ4n) is 7.28. The summed E-state index contributed by atoms with van der Waals surface area (Å²) in [7, 11) is 2.93. The lowest BCUT2D eigenvalue weighted by molar-refractivity contribution is 0.0495. The number of ketones is 2. The molecule has 0 saturated heterocycles. The zero-order valence-electron chi connectivity index (χ0n) is 31.4. The molecule has 6 rings (SSSR count). The number of hydrogen-bond acceptors (Lipinski definition) is 10. The first kappa shape index (κ1) is 36.9. The maximum Gasteiger partial charge on any atom is 0.410 e. The molecule has 4 aromatic rings. The summed E-state index contributed by atoms with van der Waals surface area (Å²) in [5.74, 6) is 2.16. The highest BCUT2D eigenvalue weighted by atomic mass is 28.4. The molecule has 0 bridgehead atoms. The Balaban J connectivity index is 1.53. The molecular weight excluding hydrogens is 681 g/mol. The first-order chi connectivity index (χ1) is 24.7. The van der Waals surface area contributed by atoms with Gasteiger partial charge in [0.15, 0.2) is 41.4 Å². The third kappa shape index (κ3) is 6.31. The highest BCUT2D eigenvalue weighted by Gasteiger charge is 2.64. The molecule has 0 aromatic heterocycles. The molecule has 0 radical (unpaired) electrons. The summed E-state index contributed by atoms with van der Waals surface area (Å²) in [4.78, 5) is 29.3. The van der Waals surface area contributed by atoms with E-state index in [0.29, 0.717) is 45.1 Å². The molecule has 0 amide bonds. The molecule has 10 nitrogen and oxygen atoms in total. The molecule has 11 heteroatoms. The van der Waals surface area contributed by atoms with E-state index in [1.54, 1.807) is 51.7 Å². The molecule has 0 spiro atoms. The van der Waals surface area contributed by atoms with Crippen LogP contribution in [-0.2, 0) is 15.8 Å². The normalized spacial score (nSPS) is 16.7. The molecule has 1 unspecified atom stereocenters. The van der Waals surface area contributed by atoms with Crippen LogP contribution in [0.2, 0.25) is 10.1 Å². The first-order valence-electron chi connectivity index (χ1n) is 17.1. The maximum atomic E-state index is 15.1. The monoisotopic (exact) mass is 726 g/mol. The van der Waals surface area contributed by atoms with Crippen molar-refractivity contribution in [1.82, 2.24) is 0 Å². The van der Waals surface area contributed by atoms with Crippen LogP contribution in [-0.4, -0.2) is 55.4 Å². The summed E-state index contributed by atoms with van der Waals surface area (Å²) in [5.41, 5.74) is 2.11. The van der Waals surface area contributed by atoms with Gasteiger partial charge in [0.1, 0.15) is 24.2 Å². The van der Waals surface area contributed by atoms with Crippen LogP contribution in [0.15, 0.2) is 72.3 Å². The smallest absolute Gasteiger partial charge is 0.410 e. The predicted molar refractivity (Wildman–Crippen MR) is 200 cm³/mol. The topological polar surface area (TPSA) is 108 Å². The van der Waals surface area contributed by atoms with E-state index in [2.05, 4.69) is 41.5 Å². The Labute approximate surface area is 305 Å². The minimum Gasteiger partial charge on any atom is -0.519 e. The van der Waals surface area contributed by atoms with Gasteiger partial charge in [-0.3, -0.25) is 9.59 Å². The van der Waals surface area contributed by atoms with Crippen LogP contribution >= 0.6 is 0 Å². The van der Waals surface area contributed by atoms with E-state index in [0.717, 1.165) is 11.3 Å². The van der Waals surface area contributed by atoms with Crippen molar-refractivity contribution >= 4 is 30.9 Å². The van der Waals surface area contributed by atoms with Crippen molar-refractivity contribution < 1.29 is 46.9 Å². The summed E-state index contributed by atoms with van der Waals surface area (Å²) >= 11 is 0. The van der Waals surface area contributed by atoms with Crippen LogP contribution < -0.4 is 28.1 Å². The average molecular weight is 727 g/mol. The van der Waals surface area contributed by atoms with Crippen LogP contribution in [0.1, 0.15) is 79.5 Å². The summed E-state index contributed by atoms with van der Waals surface area (Å²) in [6.07, 6.45) is 0.448. The number of benzene rings is 4. The predicted octanol–water partition coefficient (Wildman–Crippen LogP) is 8.93. The number of rotatable bonds is 10. The average Bonchev–Trinajstić information content (AvgIpc) is 3.12. The second-order valence-electron chi connectivity index (χ2n) is 14.9. The lowest BCUT2D eigenvalue weighted by Gasteiger charge is -2.53. The molecule has 0 fully saturated rings. The highest BCUT2D eigenvalue weighted by molar-refractivity contribution is 6.74. The summed E-state index contributed by atoms with van der Waals surface area (Å²) in [6.45, 7) is 12.6. The van der Waals surface area contributed by atoms with Crippen molar-refractivity contribution in [3.63, 3.8) is 0 Å². The fourth-order valence-corrected chi connectivity index (χ4v) is 12.0. The number of methoxy groups -OCH3 is 4. The van der Waals surface area contributed by atoms with Crippen LogP contribution in [0.4, 0.5) is 0 Å². The minimum atomic E-state index is -3.30. The van der Waals surface area contributed by atoms with Crippen LogP contribution in [0, 0.1) is 0 Å². The number of Topliss-reactive ketones (excluding diaryl/α,β-unsaturated/α-hetero) is 1. The zero-order chi connectivity index (χ0) is 37.6. The third-order valence-electron chi connectivity index (χ3n) is 9.61. The summed E-state index contributed by atoms with van der Waals surface area (Å²) in [5, 5.41) is 0.217. The quantitative estimate of drug-likeness (QED) is 0.116. The number of carbonyl (C=O) groups excluding carboxylic acids is 2. The Kier molecular flexibility index (Phi) is 9.90. The molecule has 2 aliphatic rings. The van der Waals surface area contributed by atoms with Gasteiger partial charge in [0, 0.05) is 50.9 Å². The van der Waals surface area contributed by atoms with Crippen LogP contribution in [0.5, 0.6) is 34.5 Å². The zero-order valence-corrected chi connectivity index (χ0v) is 32.4. The highest BCUT2D eigenvalue weighted by Crippen LogP contribution is 2.59. The van der Waals surface area contributed by atoms with Gasteiger partial charge in [-0.15, -0.1) is 0 Å². The lowest BCUT2D eigenvalue weighted by Crippen LogP contribution is -2.62. The van der Waals surface area contributed by atoms with Crippen molar-refractivity contribution in [1.29, 1.82) is 0 Å². The van der Waals surface area contributed by atoms with Gasteiger partial charge in [0.2, 0.25) is 0 Å². The number of allylic oxidation sites excluding steroid dienone is 1. The van der Waals surface area contributed by atoms with Crippen molar-refractivity contribution in [3.8, 4) is 34.5 Å². The van der Waals surface area contributed by atoms with E-state index in [1.165, 1.54) is 13.2 Å². The number of fused-ring (bicyclic) bond motifs is 4. The van der Waals surface area contributed by atoms with Gasteiger partial charge in [0.25, 0.3) is 0 Å². The molecule has 0 saturated carbocycles. The Morgan fingerprint density at radius 2 is 1.40 bits per heavy atom.